The summed E-state index contributed by atoms with van der Waals surface area (Å²) < 4.78 is 0. The monoisotopic (exact) mass is 220 g/mol. The molecule has 0 atom stereocenters. The van der Waals surface area contributed by atoms with E-state index in [1.165, 1.54) is 19.0 Å². The molecule has 0 radical (unpaired) electrons. The highest BCUT2D eigenvalue weighted by Gasteiger charge is 2.18. The average Bonchev–Trinajstić information content (AvgIpc) is 2.70. The van der Waals surface area contributed by atoms with Gasteiger partial charge in [0.1, 0.15) is 5.56 Å². The second kappa shape index (κ2) is 4.51. The van der Waals surface area contributed by atoms with E-state index in [0.717, 1.165) is 18.5 Å². The number of carboxylic acid groups (broad SMARTS) is 1. The molecule has 86 valence electrons. The molecule has 1 aliphatic carbocycles. The standard InChI is InChI=1S/C12H16N2O2/c1-8-6-11(10(7-13-8)12(15)16)14-9-4-2-3-5-9/h6-7,9H,2-5H2,1H3,(H,13,14)(H,15,16). The van der Waals surface area contributed by atoms with Gasteiger partial charge in [0.25, 0.3) is 0 Å². The minimum Gasteiger partial charge on any atom is -0.478 e. The van der Waals surface area contributed by atoms with Crippen LogP contribution in [0.5, 0.6) is 0 Å². The van der Waals surface area contributed by atoms with E-state index in [9.17, 15) is 4.79 Å². The van der Waals surface area contributed by atoms with Crippen LogP contribution < -0.4 is 5.32 Å². The number of aryl methyl sites for hydroxylation is 1. The Morgan fingerprint density at radius 1 is 1.50 bits per heavy atom. The van der Waals surface area contributed by atoms with Gasteiger partial charge < -0.3 is 10.4 Å². The molecule has 0 amide bonds. The first-order chi connectivity index (χ1) is 7.66. The average molecular weight is 220 g/mol. The van der Waals surface area contributed by atoms with Gasteiger partial charge in [-0.15, -0.1) is 0 Å². The molecule has 0 spiro atoms. The van der Waals surface area contributed by atoms with E-state index in [0.29, 0.717) is 11.7 Å². The fourth-order valence-electron chi connectivity index (χ4n) is 2.14. The Hall–Kier alpha value is -1.58. The van der Waals surface area contributed by atoms with Crippen molar-refractivity contribution in [3.05, 3.63) is 23.5 Å². The maximum atomic E-state index is 11.0. The van der Waals surface area contributed by atoms with Crippen molar-refractivity contribution in [2.75, 3.05) is 5.32 Å². The van der Waals surface area contributed by atoms with Crippen LogP contribution in [0.4, 0.5) is 5.69 Å². The minimum atomic E-state index is -0.923. The van der Waals surface area contributed by atoms with Crippen LogP contribution in [0, 0.1) is 6.92 Å². The number of hydrogen-bond acceptors (Lipinski definition) is 3. The lowest BCUT2D eigenvalue weighted by atomic mass is 10.1. The molecule has 0 bridgehead atoms. The molecule has 0 saturated heterocycles. The van der Waals surface area contributed by atoms with Crippen molar-refractivity contribution in [2.45, 2.75) is 38.6 Å². The van der Waals surface area contributed by atoms with E-state index in [4.69, 9.17) is 5.11 Å². The molecule has 1 aromatic heterocycles. The molecule has 1 fully saturated rings. The number of aromatic nitrogens is 1. The van der Waals surface area contributed by atoms with Gasteiger partial charge in [-0.3, -0.25) is 4.98 Å². The first-order valence-electron chi connectivity index (χ1n) is 5.63. The summed E-state index contributed by atoms with van der Waals surface area (Å²) in [5.74, 6) is -0.923. The number of hydrogen-bond donors (Lipinski definition) is 2. The predicted octanol–water partition coefficient (Wildman–Crippen LogP) is 2.44. The molecular weight excluding hydrogens is 204 g/mol. The highest BCUT2D eigenvalue weighted by Crippen LogP contribution is 2.24. The van der Waals surface area contributed by atoms with Crippen LogP contribution in [0.3, 0.4) is 0 Å². The molecular formula is C12H16N2O2. The lowest BCUT2D eigenvalue weighted by Crippen LogP contribution is -2.17. The Balaban J connectivity index is 2.22. The quantitative estimate of drug-likeness (QED) is 0.821. The number of nitrogens with one attached hydrogen (secondary N) is 1. The number of aromatic carboxylic acids is 1. The van der Waals surface area contributed by atoms with Crippen LogP contribution in [0.1, 0.15) is 41.7 Å². The van der Waals surface area contributed by atoms with Gasteiger partial charge >= 0.3 is 5.97 Å². The maximum absolute atomic E-state index is 11.0. The molecule has 16 heavy (non-hydrogen) atoms. The van der Waals surface area contributed by atoms with E-state index in [1.807, 2.05) is 13.0 Å². The molecule has 4 nitrogen and oxygen atoms in total. The highest BCUT2D eigenvalue weighted by atomic mass is 16.4. The topological polar surface area (TPSA) is 62.2 Å². The van der Waals surface area contributed by atoms with Crippen molar-refractivity contribution >= 4 is 11.7 Å². The summed E-state index contributed by atoms with van der Waals surface area (Å²) in [7, 11) is 0. The summed E-state index contributed by atoms with van der Waals surface area (Å²) >= 11 is 0. The van der Waals surface area contributed by atoms with Gasteiger partial charge in [-0.1, -0.05) is 12.8 Å². The van der Waals surface area contributed by atoms with Crippen LogP contribution in [0.25, 0.3) is 0 Å². The number of carboxylic acids is 1. The summed E-state index contributed by atoms with van der Waals surface area (Å²) in [4.78, 5) is 15.0. The van der Waals surface area contributed by atoms with E-state index in [-0.39, 0.29) is 5.56 Å². The van der Waals surface area contributed by atoms with Crippen molar-refractivity contribution in [2.24, 2.45) is 0 Å². The summed E-state index contributed by atoms with van der Waals surface area (Å²) in [6, 6.07) is 2.22. The molecule has 4 heteroatoms. The fourth-order valence-corrected chi connectivity index (χ4v) is 2.14. The Morgan fingerprint density at radius 3 is 2.81 bits per heavy atom. The van der Waals surface area contributed by atoms with Gasteiger partial charge in [0.05, 0.1) is 5.69 Å². The molecule has 0 aromatic carbocycles. The molecule has 0 aliphatic heterocycles. The Labute approximate surface area is 94.7 Å². The summed E-state index contributed by atoms with van der Waals surface area (Å²) in [5.41, 5.74) is 1.80. The van der Waals surface area contributed by atoms with Crippen LogP contribution >= 0.6 is 0 Å². The highest BCUT2D eigenvalue weighted by molar-refractivity contribution is 5.93. The van der Waals surface area contributed by atoms with Crippen LogP contribution in [-0.2, 0) is 0 Å². The van der Waals surface area contributed by atoms with Crippen LogP contribution in [0.15, 0.2) is 12.3 Å². The summed E-state index contributed by atoms with van der Waals surface area (Å²) in [6.45, 7) is 1.87. The normalized spacial score (nSPS) is 16.3. The van der Waals surface area contributed by atoms with Crippen molar-refractivity contribution in [3.8, 4) is 0 Å². The number of anilines is 1. The SMILES string of the molecule is Cc1cc(NC2CCCC2)c(C(=O)O)cn1. The predicted molar refractivity (Wildman–Crippen MR) is 61.8 cm³/mol. The lowest BCUT2D eigenvalue weighted by molar-refractivity contribution is 0.0697. The Bertz CT molecular complexity index is 398. The first-order valence-corrected chi connectivity index (χ1v) is 5.63. The van der Waals surface area contributed by atoms with Gasteiger partial charge in [-0.2, -0.15) is 0 Å². The Kier molecular flexibility index (Phi) is 3.08. The molecule has 0 unspecified atom stereocenters. The van der Waals surface area contributed by atoms with Gasteiger partial charge in [-0.05, 0) is 25.8 Å². The maximum Gasteiger partial charge on any atom is 0.339 e. The third kappa shape index (κ3) is 2.32. The molecule has 2 N–H and O–H groups in total. The lowest BCUT2D eigenvalue weighted by Gasteiger charge is -2.15. The van der Waals surface area contributed by atoms with E-state index in [2.05, 4.69) is 10.3 Å². The van der Waals surface area contributed by atoms with E-state index < -0.39 is 5.97 Å². The van der Waals surface area contributed by atoms with Gasteiger partial charge in [0, 0.05) is 17.9 Å². The van der Waals surface area contributed by atoms with Gasteiger partial charge in [0.15, 0.2) is 0 Å². The van der Waals surface area contributed by atoms with Gasteiger partial charge in [-0.25, -0.2) is 4.79 Å². The number of carbonyl (C=O) groups is 1. The van der Waals surface area contributed by atoms with E-state index in [1.54, 1.807) is 0 Å². The third-order valence-electron chi connectivity index (χ3n) is 2.99. The van der Waals surface area contributed by atoms with Gasteiger partial charge in [0.2, 0.25) is 0 Å². The molecule has 2 rings (SSSR count). The zero-order chi connectivity index (χ0) is 11.5. The summed E-state index contributed by atoms with van der Waals surface area (Å²) in [5, 5.41) is 12.4. The smallest absolute Gasteiger partial charge is 0.339 e. The zero-order valence-corrected chi connectivity index (χ0v) is 9.36. The fraction of sp³-hybridized carbons (Fsp3) is 0.500. The number of rotatable bonds is 3. The van der Waals surface area contributed by atoms with E-state index >= 15 is 0 Å². The molecule has 1 aliphatic rings. The van der Waals surface area contributed by atoms with Crippen molar-refractivity contribution in [3.63, 3.8) is 0 Å². The molecule has 1 saturated carbocycles. The second-order valence-electron chi connectivity index (χ2n) is 4.30. The molecule has 1 heterocycles. The molecule has 1 aromatic rings. The Morgan fingerprint density at radius 2 is 2.19 bits per heavy atom. The number of nitrogens with zero attached hydrogens (tertiary/aromatic N) is 1. The van der Waals surface area contributed by atoms with Crippen LogP contribution in [-0.4, -0.2) is 22.1 Å². The zero-order valence-electron chi connectivity index (χ0n) is 9.36. The van der Waals surface area contributed by atoms with Crippen LogP contribution in [0.2, 0.25) is 0 Å². The second-order valence-corrected chi connectivity index (χ2v) is 4.30. The minimum absolute atomic E-state index is 0.262. The largest absolute Gasteiger partial charge is 0.478 e. The summed E-state index contributed by atoms with van der Waals surface area (Å²) in [6.07, 6.45) is 6.13. The first kappa shape index (κ1) is 10.9. The third-order valence-corrected chi connectivity index (χ3v) is 2.99. The van der Waals surface area contributed by atoms with Crippen molar-refractivity contribution < 1.29 is 9.90 Å². The number of pyridine rings is 1. The van der Waals surface area contributed by atoms with Crippen molar-refractivity contribution in [1.82, 2.24) is 4.98 Å². The van der Waals surface area contributed by atoms with Crippen molar-refractivity contribution in [1.29, 1.82) is 0 Å².